The van der Waals surface area contributed by atoms with Crippen LogP contribution in [0.25, 0.3) is 66.1 Å². The Balaban J connectivity index is 1.15. The van der Waals surface area contributed by atoms with Gasteiger partial charge in [-0.3, -0.25) is 0 Å². The highest BCUT2D eigenvalue weighted by Crippen LogP contribution is 2.42. The molecule has 2 nitrogen and oxygen atoms in total. The molecule has 0 bridgehead atoms. The molecule has 0 spiro atoms. The van der Waals surface area contributed by atoms with Crippen molar-refractivity contribution in [1.82, 2.24) is 9.13 Å². The highest BCUT2D eigenvalue weighted by Gasteiger charge is 2.29. The van der Waals surface area contributed by atoms with Crippen LogP contribution in [0.15, 0.2) is 164 Å². The Kier molecular flexibility index (Phi) is 8.30. The molecule has 0 N–H and O–H groups in total. The molecule has 0 saturated heterocycles. The second kappa shape index (κ2) is 13.6. The second-order valence-electron chi connectivity index (χ2n) is 16.1. The summed E-state index contributed by atoms with van der Waals surface area (Å²) in [6.45, 7) is 13.7. The number of benzene rings is 8. The predicted octanol–water partition coefficient (Wildman–Crippen LogP) is 11.9. The molecule has 2 heterocycles. The highest BCUT2D eigenvalue weighted by atomic mass is 15.0. The van der Waals surface area contributed by atoms with E-state index in [9.17, 15) is 0 Å². The summed E-state index contributed by atoms with van der Waals surface area (Å²) in [4.78, 5) is 0. The van der Waals surface area contributed by atoms with Crippen molar-refractivity contribution in [3.63, 3.8) is 0 Å². The molecule has 0 radical (unpaired) electrons. The van der Waals surface area contributed by atoms with Gasteiger partial charge in [-0.1, -0.05) is 171 Å². The summed E-state index contributed by atoms with van der Waals surface area (Å²) in [6, 6.07) is 60.9. The van der Waals surface area contributed by atoms with E-state index in [-0.39, 0.29) is 6.71 Å². The van der Waals surface area contributed by atoms with E-state index in [0.29, 0.717) is 0 Å². The van der Waals surface area contributed by atoms with Crippen LogP contribution in [0.4, 0.5) is 0 Å². The molecule has 0 aliphatic heterocycles. The number of hydrogen-bond acceptors (Lipinski definition) is 0. The predicted molar refractivity (Wildman–Crippen MR) is 247 cm³/mol. The molecule has 2 aromatic heterocycles. The fraction of sp³-hybridized carbons (Fsp3) is 0.111. The zero-order valence-corrected chi connectivity index (χ0v) is 33.6. The molecule has 57 heavy (non-hydrogen) atoms. The molecule has 0 saturated carbocycles. The standard InChI is InChI=1S/C54H45BN2/c1-34-29-36(3)52(37(4)30-34)55(53-38(5)31-35(2)32-39(53)6)42-16-14-15-41(33-42)40-23-25-44(26-24-40)57-48-21-12-10-19-45(48)46-27-28-50-51(54(46)57)47-20-11-13-22-49(47)56(50)43-17-8-7-9-18-43/h7-33H,1-6H3. The van der Waals surface area contributed by atoms with E-state index in [4.69, 9.17) is 0 Å². The Morgan fingerprint density at radius 2 is 0.912 bits per heavy atom. The molecule has 0 unspecified atom stereocenters. The van der Waals surface area contributed by atoms with E-state index in [1.54, 1.807) is 0 Å². The van der Waals surface area contributed by atoms with Crippen LogP contribution in [0.1, 0.15) is 33.4 Å². The van der Waals surface area contributed by atoms with Gasteiger partial charge in [0.25, 0.3) is 0 Å². The number of nitrogens with zero attached hydrogens (tertiary/aromatic N) is 2. The maximum Gasteiger partial charge on any atom is 0.242 e. The van der Waals surface area contributed by atoms with E-state index < -0.39 is 0 Å². The van der Waals surface area contributed by atoms with Crippen LogP contribution in [0.2, 0.25) is 0 Å². The molecule has 0 fully saturated rings. The number of aromatic nitrogens is 2. The molecular weight excluding hydrogens is 687 g/mol. The van der Waals surface area contributed by atoms with E-state index >= 15 is 0 Å². The van der Waals surface area contributed by atoms with Crippen LogP contribution in [0.3, 0.4) is 0 Å². The van der Waals surface area contributed by atoms with Gasteiger partial charge in [0.05, 0.1) is 22.1 Å². The van der Waals surface area contributed by atoms with Crippen LogP contribution in [0, 0.1) is 41.5 Å². The third-order valence-corrected chi connectivity index (χ3v) is 12.2. The van der Waals surface area contributed by atoms with Gasteiger partial charge < -0.3 is 9.13 Å². The van der Waals surface area contributed by atoms with Gasteiger partial charge in [0.15, 0.2) is 0 Å². The first-order chi connectivity index (χ1) is 27.8. The Morgan fingerprint density at radius 3 is 1.54 bits per heavy atom. The summed E-state index contributed by atoms with van der Waals surface area (Å²) in [6.07, 6.45) is 0. The second-order valence-corrected chi connectivity index (χ2v) is 16.1. The van der Waals surface area contributed by atoms with Crippen molar-refractivity contribution in [3.8, 4) is 22.5 Å². The first-order valence-corrected chi connectivity index (χ1v) is 20.1. The van der Waals surface area contributed by atoms with E-state index in [2.05, 4.69) is 214 Å². The van der Waals surface area contributed by atoms with Gasteiger partial charge in [-0.2, -0.15) is 0 Å². The minimum Gasteiger partial charge on any atom is -0.309 e. The number of aryl methyl sites for hydroxylation is 6. The largest absolute Gasteiger partial charge is 0.309 e. The number of fused-ring (bicyclic) bond motifs is 7. The Labute approximate surface area is 335 Å². The fourth-order valence-corrected chi connectivity index (χ4v) is 10.1. The smallest absolute Gasteiger partial charge is 0.242 e. The monoisotopic (exact) mass is 732 g/mol. The van der Waals surface area contributed by atoms with E-state index in [0.717, 1.165) is 5.69 Å². The molecule has 10 aromatic rings. The lowest BCUT2D eigenvalue weighted by Crippen LogP contribution is -2.55. The maximum absolute atomic E-state index is 2.48. The zero-order chi connectivity index (χ0) is 38.9. The Hall–Kier alpha value is -6.58. The van der Waals surface area contributed by atoms with Crippen molar-refractivity contribution in [2.24, 2.45) is 0 Å². The summed E-state index contributed by atoms with van der Waals surface area (Å²) < 4.78 is 4.89. The molecule has 274 valence electrons. The summed E-state index contributed by atoms with van der Waals surface area (Å²) in [5, 5.41) is 5.05. The van der Waals surface area contributed by atoms with E-state index in [1.807, 2.05) is 0 Å². The summed E-state index contributed by atoms with van der Waals surface area (Å²) in [5.41, 5.74) is 21.8. The quantitative estimate of drug-likeness (QED) is 0.151. The molecule has 10 rings (SSSR count). The van der Waals surface area contributed by atoms with Gasteiger partial charge in [-0.05, 0) is 95.1 Å². The SMILES string of the molecule is Cc1cc(C)c(B(c2cccc(-c3ccc(-n4c5ccccc5c5ccc6c(c7ccccc7n6-c6ccccc6)c54)cc3)c2)c2c(C)cc(C)cc2C)c(C)c1. The average molecular weight is 733 g/mol. The van der Waals surface area contributed by atoms with Gasteiger partial charge >= 0.3 is 0 Å². The number of hydrogen-bond donors (Lipinski definition) is 0. The third-order valence-electron chi connectivity index (χ3n) is 12.2. The van der Waals surface area contributed by atoms with Crippen LogP contribution in [-0.4, -0.2) is 15.8 Å². The normalized spacial score (nSPS) is 11.7. The van der Waals surface area contributed by atoms with Crippen molar-refractivity contribution in [2.75, 3.05) is 0 Å². The molecule has 3 heteroatoms. The minimum atomic E-state index is 0.128. The van der Waals surface area contributed by atoms with Gasteiger partial charge in [0.1, 0.15) is 0 Å². The van der Waals surface area contributed by atoms with Crippen molar-refractivity contribution < 1.29 is 0 Å². The number of rotatable bonds is 6. The van der Waals surface area contributed by atoms with Crippen LogP contribution < -0.4 is 16.4 Å². The summed E-state index contributed by atoms with van der Waals surface area (Å²) >= 11 is 0. The molecule has 0 aliphatic carbocycles. The lowest BCUT2D eigenvalue weighted by Gasteiger charge is -2.25. The topological polar surface area (TPSA) is 9.86 Å². The van der Waals surface area contributed by atoms with Crippen LogP contribution in [-0.2, 0) is 0 Å². The summed E-state index contributed by atoms with van der Waals surface area (Å²) in [5.74, 6) is 0. The van der Waals surface area contributed by atoms with Gasteiger partial charge in [-0.15, -0.1) is 0 Å². The maximum atomic E-state index is 2.48. The zero-order valence-electron chi connectivity index (χ0n) is 33.6. The van der Waals surface area contributed by atoms with Gasteiger partial charge in [-0.25, -0.2) is 0 Å². The minimum absolute atomic E-state index is 0.128. The highest BCUT2D eigenvalue weighted by molar-refractivity contribution is 6.96. The number of para-hydroxylation sites is 3. The van der Waals surface area contributed by atoms with Crippen LogP contribution >= 0.6 is 0 Å². The molecule has 0 amide bonds. The molecule has 0 aliphatic rings. The molecular formula is C54H45BN2. The lowest BCUT2D eigenvalue weighted by atomic mass is 9.34. The lowest BCUT2D eigenvalue weighted by molar-refractivity contribution is 1.17. The average Bonchev–Trinajstić information content (AvgIpc) is 3.73. The summed E-state index contributed by atoms with van der Waals surface area (Å²) in [7, 11) is 0. The van der Waals surface area contributed by atoms with E-state index in [1.165, 1.54) is 110 Å². The third kappa shape index (κ3) is 5.64. The van der Waals surface area contributed by atoms with Crippen molar-refractivity contribution in [2.45, 2.75) is 41.5 Å². The first kappa shape index (κ1) is 34.9. The van der Waals surface area contributed by atoms with Crippen molar-refractivity contribution in [3.05, 3.63) is 197 Å². The van der Waals surface area contributed by atoms with Gasteiger partial charge in [0, 0.05) is 32.9 Å². The van der Waals surface area contributed by atoms with Crippen molar-refractivity contribution in [1.29, 1.82) is 0 Å². The molecule has 0 atom stereocenters. The van der Waals surface area contributed by atoms with Crippen molar-refractivity contribution >= 4 is 66.7 Å². The Morgan fingerprint density at radius 1 is 0.368 bits per heavy atom. The molecule has 8 aromatic carbocycles. The van der Waals surface area contributed by atoms with Gasteiger partial charge in [0.2, 0.25) is 6.71 Å². The Bertz CT molecular complexity index is 3080. The van der Waals surface area contributed by atoms with Crippen LogP contribution in [0.5, 0.6) is 0 Å². The first-order valence-electron chi connectivity index (χ1n) is 20.1. The fourth-order valence-electron chi connectivity index (χ4n) is 10.1.